The molecule has 1 heterocycles. The van der Waals surface area contributed by atoms with Gasteiger partial charge in [-0.1, -0.05) is 42.5 Å². The molecule has 0 aliphatic heterocycles. The molecular weight excluding hydrogens is 312 g/mol. The first-order chi connectivity index (χ1) is 12.3. The first kappa shape index (κ1) is 16.8. The lowest BCUT2D eigenvalue weighted by molar-refractivity contribution is 0.342. The van der Waals surface area contributed by atoms with Gasteiger partial charge in [0.2, 0.25) is 0 Å². The van der Waals surface area contributed by atoms with Crippen LogP contribution in [0.1, 0.15) is 12.5 Å². The van der Waals surface area contributed by atoms with Crippen LogP contribution in [0.2, 0.25) is 0 Å². The quantitative estimate of drug-likeness (QED) is 0.700. The lowest BCUT2D eigenvalue weighted by Gasteiger charge is -2.19. The maximum Gasteiger partial charge on any atom is 0.142 e. The van der Waals surface area contributed by atoms with Gasteiger partial charge in [-0.15, -0.1) is 0 Å². The highest BCUT2D eigenvalue weighted by Gasteiger charge is 2.08. The Hall–Kier alpha value is -3.08. The van der Waals surface area contributed by atoms with Gasteiger partial charge in [0.1, 0.15) is 23.7 Å². The molecular formula is C20H22N4O. The van der Waals surface area contributed by atoms with E-state index < -0.39 is 0 Å². The molecule has 3 aromatic rings. The zero-order valence-electron chi connectivity index (χ0n) is 14.5. The van der Waals surface area contributed by atoms with E-state index in [1.807, 2.05) is 62.5 Å². The molecule has 0 fully saturated rings. The molecule has 0 amide bonds. The van der Waals surface area contributed by atoms with Crippen LogP contribution in [0.15, 0.2) is 67.0 Å². The predicted octanol–water partition coefficient (Wildman–Crippen LogP) is 4.26. The van der Waals surface area contributed by atoms with Crippen molar-refractivity contribution in [3.8, 4) is 5.75 Å². The summed E-state index contributed by atoms with van der Waals surface area (Å²) in [6.07, 6.45) is 1.57. The van der Waals surface area contributed by atoms with Gasteiger partial charge in [0.15, 0.2) is 0 Å². The smallest absolute Gasteiger partial charge is 0.142 e. The highest BCUT2D eigenvalue weighted by molar-refractivity contribution is 5.65. The lowest BCUT2D eigenvalue weighted by atomic mass is 10.2. The van der Waals surface area contributed by atoms with E-state index in [0.29, 0.717) is 6.61 Å². The summed E-state index contributed by atoms with van der Waals surface area (Å²) < 4.78 is 5.65. The second-order valence-electron chi connectivity index (χ2n) is 5.66. The van der Waals surface area contributed by atoms with Crippen molar-refractivity contribution in [1.29, 1.82) is 0 Å². The van der Waals surface area contributed by atoms with E-state index in [0.717, 1.165) is 29.6 Å². The summed E-state index contributed by atoms with van der Waals surface area (Å²) in [5.74, 6) is 2.40. The standard InChI is InChI=1S/C20H22N4O/c1-3-25-18-12-8-7-11-17(18)23-19-13-20(22-15-21-19)24(2)14-16-9-5-4-6-10-16/h4-13,15H,3,14H2,1-2H3,(H,21,22,23). The van der Waals surface area contributed by atoms with Gasteiger partial charge in [-0.25, -0.2) is 9.97 Å². The van der Waals surface area contributed by atoms with Gasteiger partial charge in [-0.2, -0.15) is 0 Å². The average Bonchev–Trinajstić information content (AvgIpc) is 2.65. The van der Waals surface area contributed by atoms with Crippen LogP contribution < -0.4 is 15.0 Å². The minimum atomic E-state index is 0.619. The topological polar surface area (TPSA) is 50.3 Å². The maximum atomic E-state index is 5.65. The Morgan fingerprint density at radius 1 is 1.00 bits per heavy atom. The number of ether oxygens (including phenoxy) is 1. The summed E-state index contributed by atoms with van der Waals surface area (Å²) >= 11 is 0. The number of hydrogen-bond donors (Lipinski definition) is 1. The predicted molar refractivity (Wildman–Crippen MR) is 101 cm³/mol. The summed E-state index contributed by atoms with van der Waals surface area (Å²) in [5, 5.41) is 3.31. The summed E-state index contributed by atoms with van der Waals surface area (Å²) in [7, 11) is 2.02. The Morgan fingerprint density at radius 3 is 2.56 bits per heavy atom. The van der Waals surface area contributed by atoms with Crippen LogP contribution in [0.3, 0.4) is 0 Å². The molecule has 0 aliphatic rings. The minimum Gasteiger partial charge on any atom is -0.492 e. The molecule has 0 atom stereocenters. The third-order valence-corrected chi connectivity index (χ3v) is 3.76. The van der Waals surface area contributed by atoms with Gasteiger partial charge >= 0.3 is 0 Å². The van der Waals surface area contributed by atoms with Gasteiger partial charge in [0, 0.05) is 19.7 Å². The van der Waals surface area contributed by atoms with E-state index in [4.69, 9.17) is 4.74 Å². The summed E-state index contributed by atoms with van der Waals surface area (Å²) in [4.78, 5) is 10.8. The van der Waals surface area contributed by atoms with E-state index in [2.05, 4.69) is 32.3 Å². The van der Waals surface area contributed by atoms with Crippen molar-refractivity contribution in [1.82, 2.24) is 9.97 Å². The number of aromatic nitrogens is 2. The van der Waals surface area contributed by atoms with Crippen molar-refractivity contribution in [2.75, 3.05) is 23.9 Å². The summed E-state index contributed by atoms with van der Waals surface area (Å²) in [6, 6.07) is 20.1. The van der Waals surface area contributed by atoms with Crippen molar-refractivity contribution in [2.45, 2.75) is 13.5 Å². The minimum absolute atomic E-state index is 0.619. The van der Waals surface area contributed by atoms with Crippen molar-refractivity contribution >= 4 is 17.3 Å². The molecule has 1 N–H and O–H groups in total. The highest BCUT2D eigenvalue weighted by atomic mass is 16.5. The monoisotopic (exact) mass is 334 g/mol. The molecule has 25 heavy (non-hydrogen) atoms. The molecule has 0 unspecified atom stereocenters. The van der Waals surface area contributed by atoms with Crippen LogP contribution in [-0.2, 0) is 6.54 Å². The molecule has 0 saturated carbocycles. The summed E-state index contributed by atoms with van der Waals surface area (Å²) in [5.41, 5.74) is 2.12. The first-order valence-electron chi connectivity index (χ1n) is 8.32. The fourth-order valence-corrected chi connectivity index (χ4v) is 2.55. The molecule has 0 spiro atoms. The van der Waals surface area contributed by atoms with Crippen LogP contribution in [-0.4, -0.2) is 23.6 Å². The van der Waals surface area contributed by atoms with Crippen molar-refractivity contribution in [2.24, 2.45) is 0 Å². The number of nitrogens with one attached hydrogen (secondary N) is 1. The number of nitrogens with zero attached hydrogens (tertiary/aromatic N) is 3. The second-order valence-corrected chi connectivity index (χ2v) is 5.66. The average molecular weight is 334 g/mol. The number of rotatable bonds is 7. The van der Waals surface area contributed by atoms with Crippen molar-refractivity contribution < 1.29 is 4.74 Å². The number of anilines is 3. The van der Waals surface area contributed by atoms with E-state index in [1.54, 1.807) is 6.33 Å². The lowest BCUT2D eigenvalue weighted by Crippen LogP contribution is -2.18. The van der Waals surface area contributed by atoms with Crippen LogP contribution >= 0.6 is 0 Å². The van der Waals surface area contributed by atoms with Gasteiger partial charge < -0.3 is 15.0 Å². The first-order valence-corrected chi connectivity index (χ1v) is 8.32. The zero-order valence-corrected chi connectivity index (χ0v) is 14.5. The van der Waals surface area contributed by atoms with Gasteiger partial charge in [0.25, 0.3) is 0 Å². The fourth-order valence-electron chi connectivity index (χ4n) is 2.55. The Kier molecular flexibility index (Phi) is 5.46. The Morgan fingerprint density at radius 2 is 1.76 bits per heavy atom. The number of benzene rings is 2. The van der Waals surface area contributed by atoms with Crippen LogP contribution in [0.5, 0.6) is 5.75 Å². The molecule has 128 valence electrons. The molecule has 1 aromatic heterocycles. The largest absolute Gasteiger partial charge is 0.492 e. The molecule has 5 heteroatoms. The zero-order chi connectivity index (χ0) is 17.5. The third kappa shape index (κ3) is 4.47. The van der Waals surface area contributed by atoms with Crippen LogP contribution in [0.25, 0.3) is 0 Å². The highest BCUT2D eigenvalue weighted by Crippen LogP contribution is 2.27. The second kappa shape index (κ2) is 8.15. The van der Waals surface area contributed by atoms with Crippen LogP contribution in [0.4, 0.5) is 17.3 Å². The van der Waals surface area contributed by atoms with Gasteiger partial charge in [-0.05, 0) is 24.6 Å². The van der Waals surface area contributed by atoms with Gasteiger partial charge in [0.05, 0.1) is 12.3 Å². The van der Waals surface area contributed by atoms with Crippen molar-refractivity contribution in [3.63, 3.8) is 0 Å². The molecule has 0 saturated heterocycles. The fraction of sp³-hybridized carbons (Fsp3) is 0.200. The van der Waals surface area contributed by atoms with E-state index in [1.165, 1.54) is 5.56 Å². The van der Waals surface area contributed by atoms with Crippen molar-refractivity contribution in [3.05, 3.63) is 72.6 Å². The molecule has 0 bridgehead atoms. The third-order valence-electron chi connectivity index (χ3n) is 3.76. The van der Waals surface area contributed by atoms with E-state index in [-0.39, 0.29) is 0 Å². The summed E-state index contributed by atoms with van der Waals surface area (Å²) in [6.45, 7) is 3.37. The number of hydrogen-bond acceptors (Lipinski definition) is 5. The molecule has 5 nitrogen and oxygen atoms in total. The van der Waals surface area contributed by atoms with Crippen LogP contribution in [0, 0.1) is 0 Å². The van der Waals surface area contributed by atoms with E-state index in [9.17, 15) is 0 Å². The molecule has 2 aromatic carbocycles. The molecule has 0 radical (unpaired) electrons. The van der Waals surface area contributed by atoms with E-state index >= 15 is 0 Å². The number of para-hydroxylation sites is 2. The Labute approximate surface area is 148 Å². The van der Waals surface area contributed by atoms with Gasteiger partial charge in [-0.3, -0.25) is 0 Å². The maximum absolute atomic E-state index is 5.65. The SMILES string of the molecule is CCOc1ccccc1Nc1cc(N(C)Cc2ccccc2)ncn1. The Bertz CT molecular complexity index is 808. The normalized spacial score (nSPS) is 10.3. The molecule has 3 rings (SSSR count). The Balaban J connectivity index is 1.75. The molecule has 0 aliphatic carbocycles.